The van der Waals surface area contributed by atoms with Crippen LogP contribution in [0.5, 0.6) is 0 Å². The summed E-state index contributed by atoms with van der Waals surface area (Å²) in [5.41, 5.74) is 3.12. The van der Waals surface area contributed by atoms with Gasteiger partial charge in [-0.3, -0.25) is 4.79 Å². The van der Waals surface area contributed by atoms with E-state index in [0.717, 1.165) is 28.4 Å². The first kappa shape index (κ1) is 13.3. The summed E-state index contributed by atoms with van der Waals surface area (Å²) in [5.74, 6) is 0. The average molecular weight is 271 g/mol. The molecule has 0 radical (unpaired) electrons. The van der Waals surface area contributed by atoms with Crippen LogP contribution in [0.1, 0.15) is 24.3 Å². The van der Waals surface area contributed by atoms with Crippen LogP contribution in [0.25, 0.3) is 22.2 Å². The Morgan fingerprint density at radius 2 is 2.00 bits per heavy atom. The highest BCUT2D eigenvalue weighted by molar-refractivity contribution is 7.03. The predicted octanol–water partition coefficient (Wildman–Crippen LogP) is 3.59. The van der Waals surface area contributed by atoms with Crippen LogP contribution in [0, 0.1) is 0 Å². The molecular weight excluding hydrogens is 258 g/mol. The Hall–Kier alpha value is -2.14. The molecule has 5 heteroatoms. The maximum absolute atomic E-state index is 10.6. The van der Waals surface area contributed by atoms with Gasteiger partial charge in [0.05, 0.1) is 5.52 Å². The lowest BCUT2D eigenvalue weighted by Crippen LogP contribution is -1.87. The van der Waals surface area contributed by atoms with Crippen LogP contribution in [0.15, 0.2) is 35.7 Å². The summed E-state index contributed by atoms with van der Waals surface area (Å²) in [4.78, 5) is 14.8. The number of carbonyl (C=O) groups is 1. The summed E-state index contributed by atoms with van der Waals surface area (Å²) >= 11 is 1.32. The number of rotatable bonds is 2. The molecule has 0 bridgehead atoms. The van der Waals surface area contributed by atoms with E-state index < -0.39 is 0 Å². The van der Waals surface area contributed by atoms with Gasteiger partial charge in [-0.2, -0.15) is 0 Å². The van der Waals surface area contributed by atoms with Gasteiger partial charge in [0.2, 0.25) is 0 Å². The first-order valence-electron chi connectivity index (χ1n) is 6.00. The van der Waals surface area contributed by atoms with Gasteiger partial charge in [-0.25, -0.2) is 4.98 Å². The van der Waals surface area contributed by atoms with Gasteiger partial charge in [-0.1, -0.05) is 30.5 Å². The fourth-order valence-corrected chi connectivity index (χ4v) is 2.12. The molecule has 2 heterocycles. The van der Waals surface area contributed by atoms with Crippen molar-refractivity contribution < 1.29 is 4.79 Å². The van der Waals surface area contributed by atoms with Gasteiger partial charge in [0.25, 0.3) is 0 Å². The van der Waals surface area contributed by atoms with Crippen LogP contribution < -0.4 is 0 Å². The number of hydrogen-bond acceptors (Lipinski definition) is 5. The molecule has 3 aromatic rings. The Morgan fingerprint density at radius 3 is 2.68 bits per heavy atom. The highest BCUT2D eigenvalue weighted by Crippen LogP contribution is 2.22. The van der Waals surface area contributed by atoms with E-state index in [1.807, 2.05) is 43.5 Å². The lowest BCUT2D eigenvalue weighted by atomic mass is 10.1. The van der Waals surface area contributed by atoms with E-state index in [0.29, 0.717) is 5.69 Å². The summed E-state index contributed by atoms with van der Waals surface area (Å²) in [5, 5.41) is 6.90. The summed E-state index contributed by atoms with van der Waals surface area (Å²) in [6.45, 7) is 4.00. The molecule has 0 aliphatic heterocycles. The van der Waals surface area contributed by atoms with Crippen molar-refractivity contribution in [2.45, 2.75) is 13.8 Å². The molecule has 0 saturated carbocycles. The minimum absolute atomic E-state index is 0.445. The normalized spacial score (nSPS) is 9.79. The molecule has 4 nitrogen and oxygen atoms in total. The van der Waals surface area contributed by atoms with Gasteiger partial charge in [0.15, 0.2) is 6.29 Å². The molecule has 0 N–H and O–H groups in total. The van der Waals surface area contributed by atoms with Crippen molar-refractivity contribution in [1.29, 1.82) is 0 Å². The van der Waals surface area contributed by atoms with E-state index in [-0.39, 0.29) is 0 Å². The van der Waals surface area contributed by atoms with Crippen molar-refractivity contribution >= 4 is 28.7 Å². The second-order valence-corrected chi connectivity index (χ2v) is 4.16. The van der Waals surface area contributed by atoms with Crippen LogP contribution >= 0.6 is 11.5 Å². The molecule has 0 fully saturated rings. The maximum atomic E-state index is 10.6. The summed E-state index contributed by atoms with van der Waals surface area (Å²) in [6.07, 6.45) is 0.748. The molecule has 0 saturated heterocycles. The predicted molar refractivity (Wildman–Crippen MR) is 77.4 cm³/mol. The largest absolute Gasteiger partial charge is 0.296 e. The minimum atomic E-state index is 0.445. The van der Waals surface area contributed by atoms with Gasteiger partial charge >= 0.3 is 0 Å². The molecule has 0 atom stereocenters. The number of hydrogen-bond donors (Lipinski definition) is 0. The lowest BCUT2D eigenvalue weighted by molar-refractivity contribution is 0.111. The molecular formula is C14H13N3OS. The first-order chi connectivity index (χ1) is 9.36. The Balaban J connectivity index is 0.000000637. The first-order valence-corrected chi connectivity index (χ1v) is 6.84. The van der Waals surface area contributed by atoms with E-state index >= 15 is 0 Å². The van der Waals surface area contributed by atoms with Crippen LogP contribution in [0.4, 0.5) is 0 Å². The van der Waals surface area contributed by atoms with Crippen molar-refractivity contribution in [3.8, 4) is 11.3 Å². The number of carbonyl (C=O) groups excluding carboxylic acids is 1. The van der Waals surface area contributed by atoms with Crippen molar-refractivity contribution in [3.05, 3.63) is 41.4 Å². The number of pyridine rings is 1. The molecule has 1 aromatic carbocycles. The van der Waals surface area contributed by atoms with Gasteiger partial charge < -0.3 is 0 Å². The number of fused-ring (bicyclic) bond motifs is 1. The fourth-order valence-electron chi connectivity index (χ4n) is 1.66. The molecule has 3 rings (SSSR count). The third-order valence-corrected chi connectivity index (χ3v) is 2.99. The Kier molecular flexibility index (Phi) is 4.30. The molecule has 0 unspecified atom stereocenters. The molecule has 96 valence electrons. The number of benzene rings is 1. The van der Waals surface area contributed by atoms with E-state index in [1.54, 1.807) is 6.07 Å². The zero-order valence-electron chi connectivity index (χ0n) is 10.7. The SMILES string of the molecule is CC.O=Cc1ccc2cc(-c3csnn3)ccc2n1. The molecule has 0 aliphatic carbocycles. The molecule has 2 aromatic heterocycles. The summed E-state index contributed by atoms with van der Waals surface area (Å²) in [6, 6.07) is 9.40. The monoisotopic (exact) mass is 271 g/mol. The quantitative estimate of drug-likeness (QED) is 0.668. The molecule has 0 aliphatic rings. The fraction of sp³-hybridized carbons (Fsp3) is 0.143. The van der Waals surface area contributed by atoms with E-state index in [2.05, 4.69) is 14.6 Å². The summed E-state index contributed by atoms with van der Waals surface area (Å²) < 4.78 is 3.84. The van der Waals surface area contributed by atoms with Crippen molar-refractivity contribution in [2.24, 2.45) is 0 Å². The highest BCUT2D eigenvalue weighted by Gasteiger charge is 2.03. The summed E-state index contributed by atoms with van der Waals surface area (Å²) in [7, 11) is 0. The van der Waals surface area contributed by atoms with Gasteiger partial charge in [-0.15, -0.1) is 5.10 Å². The van der Waals surface area contributed by atoms with Crippen LogP contribution in [-0.4, -0.2) is 20.9 Å². The third kappa shape index (κ3) is 2.82. The van der Waals surface area contributed by atoms with E-state index in [1.165, 1.54) is 11.5 Å². The smallest absolute Gasteiger partial charge is 0.168 e. The topological polar surface area (TPSA) is 55.7 Å². The number of aldehydes is 1. The second kappa shape index (κ2) is 6.15. The van der Waals surface area contributed by atoms with Crippen molar-refractivity contribution in [1.82, 2.24) is 14.6 Å². The van der Waals surface area contributed by atoms with Gasteiger partial charge in [0.1, 0.15) is 11.4 Å². The number of nitrogens with zero attached hydrogens (tertiary/aromatic N) is 3. The average Bonchev–Trinajstić information content (AvgIpc) is 3.02. The van der Waals surface area contributed by atoms with E-state index in [4.69, 9.17) is 0 Å². The van der Waals surface area contributed by atoms with Crippen LogP contribution in [-0.2, 0) is 0 Å². The third-order valence-electron chi connectivity index (χ3n) is 2.49. The lowest BCUT2D eigenvalue weighted by Gasteiger charge is -2.00. The second-order valence-electron chi connectivity index (χ2n) is 3.55. The van der Waals surface area contributed by atoms with Crippen molar-refractivity contribution in [2.75, 3.05) is 0 Å². The van der Waals surface area contributed by atoms with Crippen LogP contribution in [0.3, 0.4) is 0 Å². The minimum Gasteiger partial charge on any atom is -0.296 e. The van der Waals surface area contributed by atoms with Crippen LogP contribution in [0.2, 0.25) is 0 Å². The van der Waals surface area contributed by atoms with Crippen molar-refractivity contribution in [3.63, 3.8) is 0 Å². The Morgan fingerprint density at radius 1 is 1.16 bits per heavy atom. The Labute approximate surface area is 115 Å². The molecule has 19 heavy (non-hydrogen) atoms. The standard InChI is InChI=1S/C12H7N3OS.C2H6/c16-6-10-3-1-8-5-9(2-4-11(8)13-10)12-7-17-15-14-12;1-2/h1-7H;1-2H3. The van der Waals surface area contributed by atoms with Gasteiger partial charge in [-0.05, 0) is 29.7 Å². The maximum Gasteiger partial charge on any atom is 0.168 e. The molecule has 0 spiro atoms. The van der Waals surface area contributed by atoms with E-state index in [9.17, 15) is 4.79 Å². The zero-order valence-corrected chi connectivity index (χ0v) is 11.5. The highest BCUT2D eigenvalue weighted by atomic mass is 32.1. The Bertz CT molecular complexity index is 680. The zero-order chi connectivity index (χ0) is 13.7. The number of aromatic nitrogens is 3. The van der Waals surface area contributed by atoms with Gasteiger partial charge in [0, 0.05) is 16.3 Å². The molecule has 0 amide bonds.